The van der Waals surface area contributed by atoms with Crippen LogP contribution < -0.4 is 4.74 Å². The number of aliphatic hydroxyl groups excluding tert-OH is 1. The van der Waals surface area contributed by atoms with E-state index >= 15 is 0 Å². The first-order valence-corrected chi connectivity index (χ1v) is 5.97. The van der Waals surface area contributed by atoms with Crippen LogP contribution in [0.5, 0.6) is 5.88 Å². The van der Waals surface area contributed by atoms with E-state index in [0.29, 0.717) is 18.2 Å². The summed E-state index contributed by atoms with van der Waals surface area (Å²) >= 11 is 0. The van der Waals surface area contributed by atoms with E-state index in [1.807, 2.05) is 18.2 Å². The summed E-state index contributed by atoms with van der Waals surface area (Å²) in [5, 5.41) is 8.96. The number of aliphatic hydroxyl groups is 1. The van der Waals surface area contributed by atoms with Gasteiger partial charge in [-0.2, -0.15) is 0 Å². The second-order valence-corrected chi connectivity index (χ2v) is 3.93. The van der Waals surface area contributed by atoms with Crippen LogP contribution in [0.25, 0.3) is 0 Å². The molecule has 18 heavy (non-hydrogen) atoms. The van der Waals surface area contributed by atoms with Crippen LogP contribution in [0.3, 0.4) is 0 Å². The molecule has 0 saturated carbocycles. The molecule has 0 aliphatic heterocycles. The van der Waals surface area contributed by atoms with E-state index in [9.17, 15) is 0 Å². The Morgan fingerprint density at radius 3 is 2.72 bits per heavy atom. The summed E-state index contributed by atoms with van der Waals surface area (Å²) in [6, 6.07) is 9.40. The van der Waals surface area contributed by atoms with Gasteiger partial charge in [0.15, 0.2) is 0 Å². The molecule has 0 aliphatic rings. The lowest BCUT2D eigenvalue weighted by Gasteiger charge is -2.06. The van der Waals surface area contributed by atoms with Crippen LogP contribution in [-0.2, 0) is 13.0 Å². The third-order valence-corrected chi connectivity index (χ3v) is 2.55. The second-order valence-electron chi connectivity index (χ2n) is 3.93. The standard InChI is InChI=1S/C14H16N2O2/c17-11-13-4-1-5-14(16-13)18-10-2-3-12-6-8-15-9-7-12/h1,4-9,17H,2-3,10-11H2. The first-order chi connectivity index (χ1) is 8.88. The van der Waals surface area contributed by atoms with Crippen molar-refractivity contribution < 1.29 is 9.84 Å². The highest BCUT2D eigenvalue weighted by Gasteiger charge is 1.98. The Morgan fingerprint density at radius 2 is 1.94 bits per heavy atom. The highest BCUT2D eigenvalue weighted by molar-refractivity contribution is 5.15. The minimum absolute atomic E-state index is 0.0613. The summed E-state index contributed by atoms with van der Waals surface area (Å²) in [4.78, 5) is 8.13. The zero-order chi connectivity index (χ0) is 12.6. The Balaban J connectivity index is 1.75. The molecule has 4 heteroatoms. The molecule has 1 N–H and O–H groups in total. The molecule has 0 atom stereocenters. The van der Waals surface area contributed by atoms with Crippen LogP contribution >= 0.6 is 0 Å². The molecule has 0 amide bonds. The Kier molecular flexibility index (Phi) is 4.67. The van der Waals surface area contributed by atoms with Crippen molar-refractivity contribution in [3.05, 3.63) is 54.0 Å². The molecule has 2 rings (SSSR count). The van der Waals surface area contributed by atoms with Crippen molar-refractivity contribution in [3.8, 4) is 5.88 Å². The van der Waals surface area contributed by atoms with Crippen LogP contribution in [0.15, 0.2) is 42.7 Å². The highest BCUT2D eigenvalue weighted by Crippen LogP contribution is 2.08. The summed E-state index contributed by atoms with van der Waals surface area (Å²) < 4.78 is 5.53. The molecule has 2 heterocycles. The molecule has 0 saturated heterocycles. The molecule has 0 fully saturated rings. The monoisotopic (exact) mass is 244 g/mol. The molecular weight excluding hydrogens is 228 g/mol. The second kappa shape index (κ2) is 6.71. The van der Waals surface area contributed by atoms with Crippen LogP contribution in [0, 0.1) is 0 Å². The lowest BCUT2D eigenvalue weighted by Crippen LogP contribution is -2.02. The molecule has 0 aliphatic carbocycles. The van der Waals surface area contributed by atoms with Crippen LogP contribution in [-0.4, -0.2) is 21.7 Å². The smallest absolute Gasteiger partial charge is 0.213 e. The maximum atomic E-state index is 8.96. The van der Waals surface area contributed by atoms with Gasteiger partial charge >= 0.3 is 0 Å². The van der Waals surface area contributed by atoms with Crippen molar-refractivity contribution >= 4 is 0 Å². The van der Waals surface area contributed by atoms with Gasteiger partial charge in [0.05, 0.1) is 18.9 Å². The molecule has 0 spiro atoms. The topological polar surface area (TPSA) is 55.2 Å². The fourth-order valence-corrected chi connectivity index (χ4v) is 1.63. The van der Waals surface area contributed by atoms with Crippen molar-refractivity contribution in [1.29, 1.82) is 0 Å². The molecule has 4 nitrogen and oxygen atoms in total. The fourth-order valence-electron chi connectivity index (χ4n) is 1.63. The SMILES string of the molecule is OCc1cccc(OCCCc2ccncc2)n1. The number of nitrogens with zero attached hydrogens (tertiary/aromatic N) is 2. The Labute approximate surface area is 106 Å². The molecule has 2 aromatic rings. The Morgan fingerprint density at radius 1 is 1.11 bits per heavy atom. The van der Waals surface area contributed by atoms with Gasteiger partial charge in [-0.05, 0) is 36.6 Å². The summed E-state index contributed by atoms with van der Waals surface area (Å²) in [5.74, 6) is 0.566. The van der Waals surface area contributed by atoms with Gasteiger partial charge in [-0.1, -0.05) is 6.07 Å². The molecule has 0 unspecified atom stereocenters. The van der Waals surface area contributed by atoms with Gasteiger partial charge in [0.1, 0.15) is 0 Å². The Hall–Kier alpha value is -1.94. The van der Waals surface area contributed by atoms with Gasteiger partial charge in [-0.15, -0.1) is 0 Å². The number of aromatic nitrogens is 2. The number of hydrogen-bond donors (Lipinski definition) is 1. The zero-order valence-corrected chi connectivity index (χ0v) is 10.1. The predicted octanol–water partition coefficient (Wildman–Crippen LogP) is 1.98. The van der Waals surface area contributed by atoms with E-state index in [-0.39, 0.29) is 6.61 Å². The molecule has 0 radical (unpaired) electrons. The average molecular weight is 244 g/mol. The number of rotatable bonds is 6. The third kappa shape index (κ3) is 3.82. The maximum absolute atomic E-state index is 8.96. The van der Waals surface area contributed by atoms with Crippen molar-refractivity contribution in [2.45, 2.75) is 19.4 Å². The van der Waals surface area contributed by atoms with Gasteiger partial charge < -0.3 is 9.84 Å². The lowest BCUT2D eigenvalue weighted by molar-refractivity contribution is 0.267. The summed E-state index contributed by atoms with van der Waals surface area (Å²) in [6.07, 6.45) is 5.47. The largest absolute Gasteiger partial charge is 0.478 e. The van der Waals surface area contributed by atoms with Gasteiger partial charge in [0.25, 0.3) is 0 Å². The van der Waals surface area contributed by atoms with E-state index < -0.39 is 0 Å². The first-order valence-electron chi connectivity index (χ1n) is 5.97. The fraction of sp³-hybridized carbons (Fsp3) is 0.286. The quantitative estimate of drug-likeness (QED) is 0.789. The first kappa shape index (κ1) is 12.5. The molecule has 0 bridgehead atoms. The van der Waals surface area contributed by atoms with E-state index in [2.05, 4.69) is 9.97 Å². The van der Waals surface area contributed by atoms with Crippen molar-refractivity contribution in [3.63, 3.8) is 0 Å². The summed E-state index contributed by atoms with van der Waals surface area (Å²) in [6.45, 7) is 0.554. The summed E-state index contributed by atoms with van der Waals surface area (Å²) in [7, 11) is 0. The van der Waals surface area contributed by atoms with E-state index in [1.165, 1.54) is 5.56 Å². The maximum Gasteiger partial charge on any atom is 0.213 e. The molecular formula is C14H16N2O2. The van der Waals surface area contributed by atoms with Crippen molar-refractivity contribution in [2.24, 2.45) is 0 Å². The van der Waals surface area contributed by atoms with Crippen LogP contribution in [0.2, 0.25) is 0 Å². The van der Waals surface area contributed by atoms with Crippen molar-refractivity contribution in [2.75, 3.05) is 6.61 Å². The normalized spacial score (nSPS) is 10.3. The average Bonchev–Trinajstić information content (AvgIpc) is 2.45. The van der Waals surface area contributed by atoms with Crippen LogP contribution in [0.4, 0.5) is 0 Å². The van der Waals surface area contributed by atoms with Crippen LogP contribution in [0.1, 0.15) is 17.7 Å². The van der Waals surface area contributed by atoms with Gasteiger partial charge in [-0.3, -0.25) is 4.98 Å². The van der Waals surface area contributed by atoms with Gasteiger partial charge in [0.2, 0.25) is 5.88 Å². The number of hydrogen-bond acceptors (Lipinski definition) is 4. The lowest BCUT2D eigenvalue weighted by atomic mass is 10.1. The van der Waals surface area contributed by atoms with Gasteiger partial charge in [0, 0.05) is 18.5 Å². The zero-order valence-electron chi connectivity index (χ0n) is 10.1. The number of ether oxygens (including phenoxy) is 1. The minimum atomic E-state index is -0.0613. The Bertz CT molecular complexity index is 474. The van der Waals surface area contributed by atoms with Gasteiger partial charge in [-0.25, -0.2) is 4.98 Å². The molecule has 2 aromatic heterocycles. The third-order valence-electron chi connectivity index (χ3n) is 2.55. The number of pyridine rings is 2. The molecule has 0 aromatic carbocycles. The molecule has 94 valence electrons. The van der Waals surface area contributed by atoms with Crippen molar-refractivity contribution in [1.82, 2.24) is 9.97 Å². The predicted molar refractivity (Wildman–Crippen MR) is 68.2 cm³/mol. The van der Waals surface area contributed by atoms with E-state index in [4.69, 9.17) is 9.84 Å². The summed E-state index contributed by atoms with van der Waals surface area (Å²) in [5.41, 5.74) is 1.88. The number of aryl methyl sites for hydroxylation is 1. The minimum Gasteiger partial charge on any atom is -0.478 e. The van der Waals surface area contributed by atoms with E-state index in [1.54, 1.807) is 24.5 Å². The van der Waals surface area contributed by atoms with E-state index in [0.717, 1.165) is 12.8 Å². The highest BCUT2D eigenvalue weighted by atomic mass is 16.5.